The molecule has 1 N–H and O–H groups in total. The van der Waals surface area contributed by atoms with Crippen LogP contribution in [0.3, 0.4) is 0 Å². The molecule has 0 radical (unpaired) electrons. The fraction of sp³-hybridized carbons (Fsp3) is 0.269. The summed E-state index contributed by atoms with van der Waals surface area (Å²) in [6.45, 7) is 6.14. The monoisotopic (exact) mass is 496 g/mol. The van der Waals surface area contributed by atoms with E-state index in [4.69, 9.17) is 26.1 Å². The highest BCUT2D eigenvalue weighted by molar-refractivity contribution is 6.32. The van der Waals surface area contributed by atoms with Crippen molar-refractivity contribution >= 4 is 34.2 Å². The average molecular weight is 497 g/mol. The van der Waals surface area contributed by atoms with Crippen molar-refractivity contribution in [3.63, 3.8) is 0 Å². The summed E-state index contributed by atoms with van der Waals surface area (Å²) in [5, 5.41) is 8.74. The lowest BCUT2D eigenvalue weighted by atomic mass is 10.0. The molecule has 0 spiro atoms. The van der Waals surface area contributed by atoms with Gasteiger partial charge in [0.1, 0.15) is 11.6 Å². The number of rotatable bonds is 8. The number of methoxy groups -OCH3 is 1. The zero-order valence-corrected chi connectivity index (χ0v) is 20.7. The van der Waals surface area contributed by atoms with Gasteiger partial charge in [-0.2, -0.15) is 10.1 Å². The molecule has 1 amide bonds. The van der Waals surface area contributed by atoms with Gasteiger partial charge in [0, 0.05) is 23.1 Å². The number of benzene rings is 2. The summed E-state index contributed by atoms with van der Waals surface area (Å²) in [4.78, 5) is 17.4. The van der Waals surface area contributed by atoms with Gasteiger partial charge in [0.2, 0.25) is 11.8 Å². The Hall–Kier alpha value is -3.65. The zero-order valence-electron chi connectivity index (χ0n) is 20.0. The molecule has 2 aromatic heterocycles. The van der Waals surface area contributed by atoms with Gasteiger partial charge >= 0.3 is 0 Å². The number of halogens is 2. The molecule has 4 aromatic rings. The topological polar surface area (TPSA) is 78.3 Å². The number of aryl methyl sites for hydroxylation is 2. The third-order valence-corrected chi connectivity index (χ3v) is 6.00. The Balaban J connectivity index is 1.64. The second-order valence-electron chi connectivity index (χ2n) is 8.03. The molecule has 7 nitrogen and oxygen atoms in total. The van der Waals surface area contributed by atoms with E-state index in [-0.39, 0.29) is 18.1 Å². The predicted molar refractivity (Wildman–Crippen MR) is 134 cm³/mol. The number of nitrogens with zero attached hydrogens (tertiary/aromatic N) is 3. The molecule has 35 heavy (non-hydrogen) atoms. The van der Waals surface area contributed by atoms with Crippen LogP contribution in [0.4, 0.5) is 10.1 Å². The lowest BCUT2D eigenvalue weighted by Gasteiger charge is -2.14. The van der Waals surface area contributed by atoms with E-state index in [2.05, 4.69) is 10.4 Å². The van der Waals surface area contributed by atoms with E-state index in [0.717, 1.165) is 22.2 Å². The van der Waals surface area contributed by atoms with Crippen molar-refractivity contribution in [2.75, 3.05) is 19.0 Å². The SMILES string of the molecule is CCOc1nc2c(c(C)nn2-c2cccc(F)c2)c(C)c1CCC(=O)Nc1ccc(OC)c(Cl)c1. The Morgan fingerprint density at radius 3 is 2.69 bits per heavy atom. The molecule has 0 aliphatic carbocycles. The maximum Gasteiger partial charge on any atom is 0.224 e. The van der Waals surface area contributed by atoms with E-state index >= 15 is 0 Å². The number of carbonyl (C=O) groups excluding carboxylic acids is 1. The molecule has 9 heteroatoms. The molecule has 0 unspecified atom stereocenters. The molecular formula is C26H26ClFN4O3. The van der Waals surface area contributed by atoms with Crippen LogP contribution in [0.5, 0.6) is 11.6 Å². The van der Waals surface area contributed by atoms with Gasteiger partial charge in [-0.1, -0.05) is 17.7 Å². The van der Waals surface area contributed by atoms with Crippen LogP contribution in [0.1, 0.15) is 30.2 Å². The van der Waals surface area contributed by atoms with Crippen molar-refractivity contribution in [1.29, 1.82) is 0 Å². The minimum absolute atomic E-state index is 0.166. The van der Waals surface area contributed by atoms with Gasteiger partial charge in [0.25, 0.3) is 0 Å². The number of amides is 1. The van der Waals surface area contributed by atoms with Crippen LogP contribution in [0.15, 0.2) is 42.5 Å². The molecule has 0 aliphatic rings. The van der Waals surface area contributed by atoms with Crippen molar-refractivity contribution in [2.24, 2.45) is 0 Å². The summed E-state index contributed by atoms with van der Waals surface area (Å²) >= 11 is 6.16. The van der Waals surface area contributed by atoms with Gasteiger partial charge < -0.3 is 14.8 Å². The first-order valence-corrected chi connectivity index (χ1v) is 11.6. The molecule has 4 rings (SSSR count). The highest BCUT2D eigenvalue weighted by Gasteiger charge is 2.21. The number of nitrogens with one attached hydrogen (secondary N) is 1. The van der Waals surface area contributed by atoms with Crippen molar-refractivity contribution in [2.45, 2.75) is 33.6 Å². The Kier molecular flexibility index (Phi) is 7.21. The van der Waals surface area contributed by atoms with Gasteiger partial charge in [-0.05, 0) is 69.2 Å². The van der Waals surface area contributed by atoms with Gasteiger partial charge in [0.15, 0.2) is 5.65 Å². The molecule has 0 fully saturated rings. The number of aromatic nitrogens is 3. The van der Waals surface area contributed by atoms with Crippen LogP contribution in [0, 0.1) is 19.7 Å². The van der Waals surface area contributed by atoms with Crippen molar-refractivity contribution in [3.05, 3.63) is 70.1 Å². The molecule has 0 atom stereocenters. The van der Waals surface area contributed by atoms with Gasteiger partial charge in [-0.15, -0.1) is 0 Å². The average Bonchev–Trinajstić information content (AvgIpc) is 3.15. The van der Waals surface area contributed by atoms with Crippen LogP contribution in [-0.2, 0) is 11.2 Å². The quantitative estimate of drug-likeness (QED) is 0.333. The summed E-state index contributed by atoms with van der Waals surface area (Å²) in [5.74, 6) is 0.456. The highest BCUT2D eigenvalue weighted by Crippen LogP contribution is 2.32. The minimum atomic E-state index is -0.355. The Morgan fingerprint density at radius 2 is 2.00 bits per heavy atom. The molecular weight excluding hydrogens is 471 g/mol. The van der Waals surface area contributed by atoms with E-state index in [1.165, 1.54) is 19.2 Å². The second kappa shape index (κ2) is 10.3. The summed E-state index contributed by atoms with van der Waals surface area (Å²) < 4.78 is 26.5. The lowest BCUT2D eigenvalue weighted by Crippen LogP contribution is -2.13. The van der Waals surface area contributed by atoms with Gasteiger partial charge in [0.05, 0.1) is 30.1 Å². The van der Waals surface area contributed by atoms with E-state index in [0.29, 0.717) is 46.7 Å². The van der Waals surface area contributed by atoms with Crippen molar-refractivity contribution in [3.8, 4) is 17.3 Å². The zero-order chi connectivity index (χ0) is 25.1. The first kappa shape index (κ1) is 24.5. The highest BCUT2D eigenvalue weighted by atomic mass is 35.5. The number of fused-ring (bicyclic) bond motifs is 1. The molecule has 2 heterocycles. The smallest absolute Gasteiger partial charge is 0.224 e. The molecule has 0 saturated heterocycles. The summed E-state index contributed by atoms with van der Waals surface area (Å²) in [6.07, 6.45) is 0.638. The largest absolute Gasteiger partial charge is 0.495 e. The molecule has 182 valence electrons. The van der Waals surface area contributed by atoms with Crippen LogP contribution < -0.4 is 14.8 Å². The Morgan fingerprint density at radius 1 is 1.20 bits per heavy atom. The fourth-order valence-corrected chi connectivity index (χ4v) is 4.33. The van der Waals surface area contributed by atoms with E-state index in [1.807, 2.05) is 20.8 Å². The third-order valence-electron chi connectivity index (χ3n) is 5.70. The van der Waals surface area contributed by atoms with Crippen molar-refractivity contribution < 1.29 is 18.7 Å². The Bertz CT molecular complexity index is 1400. The second-order valence-corrected chi connectivity index (χ2v) is 8.43. The molecule has 2 aromatic carbocycles. The third kappa shape index (κ3) is 5.07. The standard InChI is InChI=1S/C26H26ClFN4O3/c1-5-35-26-20(10-12-23(33)29-18-9-11-22(34-4)21(27)14-18)15(2)24-16(3)31-32(25(24)30-26)19-8-6-7-17(28)13-19/h6-9,11,13-14H,5,10,12H2,1-4H3,(H,29,33). The maximum atomic E-state index is 13.9. The summed E-state index contributed by atoms with van der Waals surface area (Å²) in [6, 6.07) is 11.3. The van der Waals surface area contributed by atoms with Gasteiger partial charge in [-0.25, -0.2) is 9.07 Å². The number of hydrogen-bond donors (Lipinski definition) is 1. The maximum absolute atomic E-state index is 13.9. The minimum Gasteiger partial charge on any atom is -0.495 e. The molecule has 0 bridgehead atoms. The summed E-state index contributed by atoms with van der Waals surface area (Å²) in [5.41, 5.74) is 4.26. The van der Waals surface area contributed by atoms with Crippen LogP contribution in [0.2, 0.25) is 5.02 Å². The van der Waals surface area contributed by atoms with Crippen LogP contribution >= 0.6 is 11.6 Å². The summed E-state index contributed by atoms with van der Waals surface area (Å²) in [7, 11) is 1.53. The van der Waals surface area contributed by atoms with Crippen LogP contribution in [-0.4, -0.2) is 34.4 Å². The first-order valence-electron chi connectivity index (χ1n) is 11.2. The number of ether oxygens (including phenoxy) is 2. The van der Waals surface area contributed by atoms with E-state index in [1.54, 1.807) is 35.0 Å². The fourth-order valence-electron chi connectivity index (χ4n) is 4.08. The lowest BCUT2D eigenvalue weighted by molar-refractivity contribution is -0.116. The first-order chi connectivity index (χ1) is 16.8. The van der Waals surface area contributed by atoms with E-state index < -0.39 is 0 Å². The van der Waals surface area contributed by atoms with Gasteiger partial charge in [-0.3, -0.25) is 4.79 Å². The van der Waals surface area contributed by atoms with Crippen LogP contribution in [0.25, 0.3) is 16.7 Å². The number of pyridine rings is 1. The normalized spacial score (nSPS) is 11.0. The predicted octanol–water partition coefficient (Wildman–Crippen LogP) is 5.81. The van der Waals surface area contributed by atoms with Crippen molar-refractivity contribution in [1.82, 2.24) is 14.8 Å². The molecule has 0 saturated carbocycles. The number of carbonyl (C=O) groups is 1. The van der Waals surface area contributed by atoms with E-state index in [9.17, 15) is 9.18 Å². The number of anilines is 1. The number of hydrogen-bond acceptors (Lipinski definition) is 5. The molecule has 0 aliphatic heterocycles. The Labute approximate surface area is 207 Å².